The van der Waals surface area contributed by atoms with Gasteiger partial charge in [0.2, 0.25) is 5.91 Å². The van der Waals surface area contributed by atoms with Gasteiger partial charge in [-0.1, -0.05) is 43.3 Å². The number of carbonyl (C=O) groups is 1. The smallest absolute Gasteiger partial charge is 0.220 e. The Labute approximate surface area is 145 Å². The fourth-order valence-electron chi connectivity index (χ4n) is 2.62. The van der Waals surface area contributed by atoms with Gasteiger partial charge < -0.3 is 10.1 Å². The van der Waals surface area contributed by atoms with Crippen molar-refractivity contribution in [3.63, 3.8) is 0 Å². The Hall–Kier alpha value is -2.29. The molecular formula is C21H27NO2. The van der Waals surface area contributed by atoms with E-state index in [4.69, 9.17) is 4.74 Å². The van der Waals surface area contributed by atoms with Crippen molar-refractivity contribution in [2.45, 2.75) is 46.1 Å². The van der Waals surface area contributed by atoms with Crippen LogP contribution in [0.1, 0.15) is 49.9 Å². The van der Waals surface area contributed by atoms with Crippen molar-refractivity contribution in [2.75, 3.05) is 6.61 Å². The van der Waals surface area contributed by atoms with E-state index < -0.39 is 0 Å². The molecule has 2 aromatic rings. The van der Waals surface area contributed by atoms with Crippen molar-refractivity contribution in [2.24, 2.45) is 0 Å². The third-order valence-electron chi connectivity index (χ3n) is 4.14. The fourth-order valence-corrected chi connectivity index (χ4v) is 2.62. The van der Waals surface area contributed by atoms with Crippen molar-refractivity contribution in [3.05, 3.63) is 65.2 Å². The molecule has 3 heteroatoms. The van der Waals surface area contributed by atoms with Crippen molar-refractivity contribution >= 4 is 5.91 Å². The van der Waals surface area contributed by atoms with E-state index in [1.165, 1.54) is 11.1 Å². The van der Waals surface area contributed by atoms with Gasteiger partial charge in [-0.15, -0.1) is 0 Å². The van der Waals surface area contributed by atoms with Crippen molar-refractivity contribution in [1.82, 2.24) is 5.32 Å². The fraction of sp³-hybridized carbons (Fsp3) is 0.381. The molecular weight excluding hydrogens is 298 g/mol. The third kappa shape index (κ3) is 5.41. The second kappa shape index (κ2) is 9.11. The van der Waals surface area contributed by atoms with Crippen LogP contribution >= 0.6 is 0 Å². The highest BCUT2D eigenvalue weighted by Crippen LogP contribution is 2.18. The highest BCUT2D eigenvalue weighted by molar-refractivity contribution is 5.76. The zero-order valence-electron chi connectivity index (χ0n) is 14.8. The number of aryl methyl sites for hydroxylation is 2. The van der Waals surface area contributed by atoms with Gasteiger partial charge in [-0.05, 0) is 55.5 Å². The molecule has 0 aliphatic heterocycles. The minimum atomic E-state index is -0.00403. The number of hydrogen-bond donors (Lipinski definition) is 1. The lowest BCUT2D eigenvalue weighted by molar-refractivity contribution is -0.121. The largest absolute Gasteiger partial charge is 0.494 e. The molecule has 3 nitrogen and oxygen atoms in total. The van der Waals surface area contributed by atoms with Crippen LogP contribution in [0.3, 0.4) is 0 Å². The van der Waals surface area contributed by atoms with E-state index in [0.717, 1.165) is 24.2 Å². The predicted octanol–water partition coefficient (Wildman–Crippen LogP) is 4.46. The summed E-state index contributed by atoms with van der Waals surface area (Å²) in [6.45, 7) is 6.77. The highest BCUT2D eigenvalue weighted by atomic mass is 16.5. The second-order valence-electron chi connectivity index (χ2n) is 5.96. The van der Waals surface area contributed by atoms with E-state index in [0.29, 0.717) is 13.0 Å². The van der Waals surface area contributed by atoms with Crippen LogP contribution in [0.2, 0.25) is 0 Å². The second-order valence-corrected chi connectivity index (χ2v) is 5.96. The summed E-state index contributed by atoms with van der Waals surface area (Å²) >= 11 is 0. The number of benzene rings is 2. The molecule has 0 heterocycles. The molecule has 24 heavy (non-hydrogen) atoms. The van der Waals surface area contributed by atoms with Crippen molar-refractivity contribution in [3.8, 4) is 5.75 Å². The Morgan fingerprint density at radius 3 is 2.21 bits per heavy atom. The molecule has 0 aliphatic rings. The summed E-state index contributed by atoms with van der Waals surface area (Å²) in [6.07, 6.45) is 2.32. The predicted molar refractivity (Wildman–Crippen MR) is 98.3 cm³/mol. The lowest BCUT2D eigenvalue weighted by Crippen LogP contribution is -2.26. The van der Waals surface area contributed by atoms with Crippen LogP contribution in [0, 0.1) is 0 Å². The molecule has 1 amide bonds. The lowest BCUT2D eigenvalue weighted by atomic mass is 10.1. The molecule has 0 saturated heterocycles. The Balaban J connectivity index is 1.82. The maximum Gasteiger partial charge on any atom is 0.220 e. The SMILES string of the molecule is CCOc1ccc(C(C)NC(=O)CCc2ccc(CC)cc2)cc1. The van der Waals surface area contributed by atoms with E-state index >= 15 is 0 Å². The number of hydrogen-bond acceptors (Lipinski definition) is 2. The first kappa shape index (κ1) is 18.1. The maximum absolute atomic E-state index is 12.2. The highest BCUT2D eigenvalue weighted by Gasteiger charge is 2.10. The van der Waals surface area contributed by atoms with Gasteiger partial charge in [-0.3, -0.25) is 4.79 Å². The van der Waals surface area contributed by atoms with Crippen LogP contribution < -0.4 is 10.1 Å². The normalized spacial score (nSPS) is 11.8. The van der Waals surface area contributed by atoms with Gasteiger partial charge in [-0.2, -0.15) is 0 Å². The number of nitrogens with one attached hydrogen (secondary N) is 1. The summed E-state index contributed by atoms with van der Waals surface area (Å²) in [7, 11) is 0. The lowest BCUT2D eigenvalue weighted by Gasteiger charge is -2.15. The average molecular weight is 325 g/mol. The van der Waals surface area contributed by atoms with E-state index in [9.17, 15) is 4.79 Å². The zero-order valence-corrected chi connectivity index (χ0v) is 14.8. The quantitative estimate of drug-likeness (QED) is 0.778. The molecule has 128 valence electrons. The van der Waals surface area contributed by atoms with Gasteiger partial charge >= 0.3 is 0 Å². The molecule has 0 aromatic heterocycles. The average Bonchev–Trinajstić information content (AvgIpc) is 2.61. The monoisotopic (exact) mass is 325 g/mol. The molecule has 1 N–H and O–H groups in total. The summed E-state index contributed by atoms with van der Waals surface area (Å²) < 4.78 is 5.44. The molecule has 2 aromatic carbocycles. The molecule has 0 aliphatic carbocycles. The molecule has 0 saturated carbocycles. The molecule has 0 radical (unpaired) electrons. The standard InChI is InChI=1S/C21H27NO2/c1-4-17-6-8-18(9-7-17)10-15-21(23)22-16(3)19-11-13-20(14-12-19)24-5-2/h6-9,11-14,16H,4-5,10,15H2,1-3H3,(H,22,23). The molecule has 2 rings (SSSR count). The topological polar surface area (TPSA) is 38.3 Å². The number of carbonyl (C=O) groups excluding carboxylic acids is 1. The Kier molecular flexibility index (Phi) is 6.86. The van der Waals surface area contributed by atoms with Gasteiger partial charge in [0.1, 0.15) is 5.75 Å². The Bertz CT molecular complexity index is 632. The van der Waals surface area contributed by atoms with E-state index in [1.54, 1.807) is 0 Å². The van der Waals surface area contributed by atoms with E-state index in [1.807, 2.05) is 38.1 Å². The summed E-state index contributed by atoms with van der Waals surface area (Å²) in [5.41, 5.74) is 3.61. The van der Waals surface area contributed by atoms with Gasteiger partial charge in [-0.25, -0.2) is 0 Å². The Morgan fingerprint density at radius 2 is 1.62 bits per heavy atom. The molecule has 0 bridgehead atoms. The van der Waals surface area contributed by atoms with Crippen LogP contribution in [-0.4, -0.2) is 12.5 Å². The summed E-state index contributed by atoms with van der Waals surface area (Å²) in [6, 6.07) is 16.4. The van der Waals surface area contributed by atoms with Crippen LogP contribution in [0.4, 0.5) is 0 Å². The first-order chi connectivity index (χ1) is 11.6. The van der Waals surface area contributed by atoms with E-state index in [2.05, 4.69) is 36.5 Å². The van der Waals surface area contributed by atoms with Crippen molar-refractivity contribution < 1.29 is 9.53 Å². The van der Waals surface area contributed by atoms with Crippen LogP contribution in [-0.2, 0) is 17.6 Å². The molecule has 0 fully saturated rings. The minimum Gasteiger partial charge on any atom is -0.494 e. The third-order valence-corrected chi connectivity index (χ3v) is 4.14. The molecule has 1 atom stereocenters. The van der Waals surface area contributed by atoms with Gasteiger partial charge in [0, 0.05) is 6.42 Å². The first-order valence-corrected chi connectivity index (χ1v) is 8.72. The van der Waals surface area contributed by atoms with Crippen LogP contribution in [0.25, 0.3) is 0 Å². The van der Waals surface area contributed by atoms with Crippen molar-refractivity contribution in [1.29, 1.82) is 0 Å². The zero-order chi connectivity index (χ0) is 17.4. The Morgan fingerprint density at radius 1 is 1.00 bits per heavy atom. The van der Waals surface area contributed by atoms with Gasteiger partial charge in [0.05, 0.1) is 12.6 Å². The number of rotatable bonds is 8. The van der Waals surface area contributed by atoms with Gasteiger partial charge in [0.15, 0.2) is 0 Å². The van der Waals surface area contributed by atoms with Crippen LogP contribution in [0.15, 0.2) is 48.5 Å². The maximum atomic E-state index is 12.2. The number of ether oxygens (including phenoxy) is 1. The summed E-state index contributed by atoms with van der Waals surface area (Å²) in [4.78, 5) is 12.2. The summed E-state index contributed by atoms with van der Waals surface area (Å²) in [5, 5.41) is 3.06. The molecule has 0 spiro atoms. The van der Waals surface area contributed by atoms with Gasteiger partial charge in [0.25, 0.3) is 0 Å². The molecule has 1 unspecified atom stereocenters. The summed E-state index contributed by atoms with van der Waals surface area (Å²) in [5.74, 6) is 0.936. The first-order valence-electron chi connectivity index (χ1n) is 8.72. The number of amides is 1. The van der Waals surface area contributed by atoms with E-state index in [-0.39, 0.29) is 11.9 Å². The minimum absolute atomic E-state index is 0.00403. The van der Waals surface area contributed by atoms with Crippen LogP contribution in [0.5, 0.6) is 5.75 Å².